The number of anilines is 2. The second-order valence-electron chi connectivity index (χ2n) is 6.87. The Morgan fingerprint density at radius 1 is 0.900 bits per heavy atom. The van der Waals surface area contributed by atoms with Gasteiger partial charge in [0.1, 0.15) is 11.4 Å². The molecular weight excluding hydrogens is 444 g/mol. The Morgan fingerprint density at radius 2 is 1.63 bits per heavy atom. The first-order valence-corrected chi connectivity index (χ1v) is 10.1. The van der Waals surface area contributed by atoms with Crippen LogP contribution in [0.1, 0.15) is 11.1 Å². The molecule has 3 aromatic carbocycles. The predicted octanol–water partition coefficient (Wildman–Crippen LogP) is 5.16. The Bertz CT molecular complexity index is 1170. The number of imide groups is 1. The van der Waals surface area contributed by atoms with Crippen LogP contribution in [0.3, 0.4) is 0 Å². The summed E-state index contributed by atoms with van der Waals surface area (Å²) in [4.78, 5) is 28.1. The number of hydrogen-bond donors (Lipinski definition) is 1. The Hall–Kier alpha value is -3.38. The average molecular weight is 463 g/mol. The molecule has 150 valence electrons. The van der Waals surface area contributed by atoms with Crippen molar-refractivity contribution in [3.05, 3.63) is 94.1 Å². The lowest BCUT2D eigenvalue weighted by atomic mass is 10.0. The third kappa shape index (κ3) is 3.62. The van der Waals surface area contributed by atoms with Gasteiger partial charge in [0.2, 0.25) is 0 Å². The lowest BCUT2D eigenvalue weighted by Gasteiger charge is -2.16. The Balaban J connectivity index is 1.86. The molecule has 0 atom stereocenters. The number of methoxy groups -OCH3 is 1. The van der Waals surface area contributed by atoms with Crippen molar-refractivity contribution in [3.63, 3.8) is 0 Å². The van der Waals surface area contributed by atoms with E-state index in [-0.39, 0.29) is 11.3 Å². The highest BCUT2D eigenvalue weighted by Crippen LogP contribution is 2.37. The van der Waals surface area contributed by atoms with Crippen molar-refractivity contribution in [1.82, 2.24) is 0 Å². The SMILES string of the molecule is COc1ccccc1C1=C(Nc2cccc(Br)c2)C(=O)N(c2ccc(C)cc2)C1=O. The zero-order valence-corrected chi connectivity index (χ0v) is 18.1. The van der Waals surface area contributed by atoms with Crippen LogP contribution in [-0.2, 0) is 9.59 Å². The Labute approximate surface area is 183 Å². The summed E-state index contributed by atoms with van der Waals surface area (Å²) < 4.78 is 6.32. The number of benzene rings is 3. The number of para-hydroxylation sites is 1. The van der Waals surface area contributed by atoms with Gasteiger partial charge in [0, 0.05) is 15.7 Å². The summed E-state index contributed by atoms with van der Waals surface area (Å²) in [6.45, 7) is 1.95. The number of aryl methyl sites for hydroxylation is 1. The number of nitrogens with zero attached hydrogens (tertiary/aromatic N) is 1. The summed E-state index contributed by atoms with van der Waals surface area (Å²) in [5, 5.41) is 3.15. The zero-order valence-electron chi connectivity index (χ0n) is 16.5. The number of carbonyl (C=O) groups is 2. The molecule has 30 heavy (non-hydrogen) atoms. The lowest BCUT2D eigenvalue weighted by Crippen LogP contribution is -2.32. The first-order chi connectivity index (χ1) is 14.5. The van der Waals surface area contributed by atoms with Crippen LogP contribution in [-0.4, -0.2) is 18.9 Å². The molecule has 0 fully saturated rings. The van der Waals surface area contributed by atoms with Crippen molar-refractivity contribution in [1.29, 1.82) is 0 Å². The van der Waals surface area contributed by atoms with Crippen LogP contribution >= 0.6 is 15.9 Å². The molecule has 0 bridgehead atoms. The molecule has 1 aliphatic rings. The summed E-state index contributed by atoms with van der Waals surface area (Å²) in [5.74, 6) is -0.288. The number of carbonyl (C=O) groups excluding carboxylic acids is 2. The number of rotatable bonds is 5. The van der Waals surface area contributed by atoms with Gasteiger partial charge < -0.3 is 10.1 Å². The van der Waals surface area contributed by atoms with Crippen molar-refractivity contribution < 1.29 is 14.3 Å². The summed E-state index contributed by atoms with van der Waals surface area (Å²) >= 11 is 3.44. The van der Waals surface area contributed by atoms with E-state index >= 15 is 0 Å². The molecular formula is C24H19BrN2O3. The highest BCUT2D eigenvalue weighted by Gasteiger charge is 2.41. The van der Waals surface area contributed by atoms with Crippen LogP contribution < -0.4 is 15.0 Å². The number of nitrogens with one attached hydrogen (secondary N) is 1. The summed E-state index contributed by atoms with van der Waals surface area (Å²) in [6.07, 6.45) is 0. The topological polar surface area (TPSA) is 58.6 Å². The van der Waals surface area contributed by atoms with Crippen molar-refractivity contribution in [2.45, 2.75) is 6.92 Å². The van der Waals surface area contributed by atoms with Gasteiger partial charge in [-0.2, -0.15) is 0 Å². The minimum absolute atomic E-state index is 0.211. The van der Waals surface area contributed by atoms with Gasteiger partial charge in [-0.1, -0.05) is 57.9 Å². The predicted molar refractivity (Wildman–Crippen MR) is 121 cm³/mol. The van der Waals surface area contributed by atoms with Crippen molar-refractivity contribution in [2.24, 2.45) is 0 Å². The molecule has 0 radical (unpaired) electrons. The fourth-order valence-electron chi connectivity index (χ4n) is 3.39. The van der Waals surface area contributed by atoms with Gasteiger partial charge in [-0.05, 0) is 43.3 Å². The quantitative estimate of drug-likeness (QED) is 0.531. The van der Waals surface area contributed by atoms with Crippen LogP contribution in [0, 0.1) is 6.92 Å². The normalized spacial score (nSPS) is 13.8. The van der Waals surface area contributed by atoms with Gasteiger partial charge in [-0.25, -0.2) is 4.90 Å². The second-order valence-corrected chi connectivity index (χ2v) is 7.78. The summed E-state index contributed by atoms with van der Waals surface area (Å²) in [6, 6.07) is 21.9. The van der Waals surface area contributed by atoms with Crippen molar-refractivity contribution >= 4 is 44.7 Å². The fourth-order valence-corrected chi connectivity index (χ4v) is 3.78. The third-order valence-corrected chi connectivity index (χ3v) is 5.34. The van der Waals surface area contributed by atoms with E-state index in [1.165, 1.54) is 4.90 Å². The van der Waals surface area contributed by atoms with Crippen LogP contribution in [0.15, 0.2) is 83.0 Å². The molecule has 1 heterocycles. The first-order valence-electron chi connectivity index (χ1n) is 9.35. The van der Waals surface area contributed by atoms with E-state index < -0.39 is 11.8 Å². The molecule has 4 rings (SSSR count). The molecule has 0 aliphatic carbocycles. The maximum absolute atomic E-state index is 13.5. The highest BCUT2D eigenvalue weighted by atomic mass is 79.9. The Morgan fingerprint density at radius 3 is 2.33 bits per heavy atom. The standard InChI is InChI=1S/C24H19BrN2O3/c1-15-10-12-18(13-11-15)27-23(28)21(19-8-3-4-9-20(19)30-2)22(24(27)29)26-17-7-5-6-16(25)14-17/h3-14,26H,1-2H3. The Kier molecular flexibility index (Phi) is 5.42. The van der Waals surface area contributed by atoms with Gasteiger partial charge in [0.05, 0.1) is 18.4 Å². The minimum Gasteiger partial charge on any atom is -0.496 e. The van der Waals surface area contributed by atoms with Crippen molar-refractivity contribution in [2.75, 3.05) is 17.3 Å². The smallest absolute Gasteiger partial charge is 0.282 e. The molecule has 1 N–H and O–H groups in total. The van der Waals surface area contributed by atoms with E-state index in [1.807, 2.05) is 55.5 Å². The van der Waals surface area contributed by atoms with E-state index in [4.69, 9.17) is 4.74 Å². The van der Waals surface area contributed by atoms with E-state index in [2.05, 4.69) is 21.2 Å². The maximum atomic E-state index is 13.5. The number of hydrogen-bond acceptors (Lipinski definition) is 4. The van der Waals surface area contributed by atoms with Gasteiger partial charge in [0.15, 0.2) is 0 Å². The minimum atomic E-state index is -0.412. The van der Waals surface area contributed by atoms with E-state index in [0.29, 0.717) is 22.7 Å². The number of halogens is 1. The maximum Gasteiger partial charge on any atom is 0.282 e. The molecule has 5 nitrogen and oxygen atoms in total. The van der Waals surface area contributed by atoms with Gasteiger partial charge >= 0.3 is 0 Å². The number of amides is 2. The van der Waals surface area contributed by atoms with E-state index in [1.54, 1.807) is 31.4 Å². The molecule has 0 spiro atoms. The second kappa shape index (κ2) is 8.16. The first kappa shape index (κ1) is 19.9. The van der Waals surface area contributed by atoms with Gasteiger partial charge in [-0.15, -0.1) is 0 Å². The highest BCUT2D eigenvalue weighted by molar-refractivity contribution is 9.10. The average Bonchev–Trinajstić information content (AvgIpc) is 2.98. The van der Waals surface area contributed by atoms with Gasteiger partial charge in [0.25, 0.3) is 11.8 Å². The summed E-state index contributed by atoms with van der Waals surface area (Å²) in [7, 11) is 1.54. The third-order valence-electron chi connectivity index (χ3n) is 4.85. The van der Waals surface area contributed by atoms with Crippen LogP contribution in [0.5, 0.6) is 5.75 Å². The molecule has 0 saturated carbocycles. The lowest BCUT2D eigenvalue weighted by molar-refractivity contribution is -0.120. The van der Waals surface area contributed by atoms with Crippen LogP contribution in [0.4, 0.5) is 11.4 Å². The number of ether oxygens (including phenoxy) is 1. The summed E-state index contributed by atoms with van der Waals surface area (Å²) in [5.41, 5.74) is 3.31. The molecule has 0 unspecified atom stereocenters. The largest absolute Gasteiger partial charge is 0.496 e. The molecule has 0 saturated heterocycles. The molecule has 2 amide bonds. The van der Waals surface area contributed by atoms with Crippen molar-refractivity contribution in [3.8, 4) is 5.75 Å². The molecule has 6 heteroatoms. The molecule has 1 aliphatic heterocycles. The van der Waals surface area contributed by atoms with Crippen LogP contribution in [0.2, 0.25) is 0 Å². The van der Waals surface area contributed by atoms with Gasteiger partial charge in [-0.3, -0.25) is 9.59 Å². The van der Waals surface area contributed by atoms with Crippen LogP contribution in [0.25, 0.3) is 5.57 Å². The fraction of sp³-hybridized carbons (Fsp3) is 0.0833. The van der Waals surface area contributed by atoms with E-state index in [9.17, 15) is 9.59 Å². The monoisotopic (exact) mass is 462 g/mol. The van der Waals surface area contributed by atoms with E-state index in [0.717, 1.165) is 10.0 Å². The molecule has 3 aromatic rings. The molecule has 0 aromatic heterocycles. The zero-order chi connectivity index (χ0) is 21.3.